The summed E-state index contributed by atoms with van der Waals surface area (Å²) in [5.41, 5.74) is 1.20. The van der Waals surface area contributed by atoms with Crippen LogP contribution in [0.3, 0.4) is 0 Å². The van der Waals surface area contributed by atoms with E-state index in [1.54, 1.807) is 12.3 Å². The lowest BCUT2D eigenvalue weighted by atomic mass is 10.3. The fourth-order valence-corrected chi connectivity index (χ4v) is 0.883. The van der Waals surface area contributed by atoms with E-state index in [2.05, 4.69) is 15.1 Å². The van der Waals surface area contributed by atoms with Gasteiger partial charge < -0.3 is 9.51 Å². The largest absolute Gasteiger partial charge is 0.352 e. The summed E-state index contributed by atoms with van der Waals surface area (Å²) in [4.78, 5) is 6.58. The Hall–Kier alpha value is -2.09. The van der Waals surface area contributed by atoms with E-state index in [-0.39, 0.29) is 0 Å². The molecule has 0 spiro atoms. The molecule has 0 aliphatic rings. The highest BCUT2D eigenvalue weighted by Gasteiger charge is 2.05. The van der Waals surface area contributed by atoms with Crippen molar-refractivity contribution in [3.8, 4) is 17.5 Å². The van der Waals surface area contributed by atoms with Gasteiger partial charge in [-0.05, 0) is 6.07 Å². The molecule has 0 aliphatic carbocycles. The van der Waals surface area contributed by atoms with E-state index in [4.69, 9.17) is 9.78 Å². The molecule has 2 heterocycles. The van der Waals surface area contributed by atoms with Gasteiger partial charge in [-0.15, -0.1) is 0 Å². The molecule has 5 nitrogen and oxygen atoms in total. The van der Waals surface area contributed by atoms with E-state index in [9.17, 15) is 0 Å². The lowest BCUT2D eigenvalue weighted by Gasteiger charge is -1.81. The summed E-state index contributed by atoms with van der Waals surface area (Å²) in [7, 11) is 0. The maximum atomic E-state index is 8.50. The van der Waals surface area contributed by atoms with Crippen molar-refractivity contribution in [2.75, 3.05) is 0 Å². The van der Waals surface area contributed by atoms with Crippen molar-refractivity contribution in [2.45, 2.75) is 0 Å². The molecule has 0 aromatic carbocycles. The second-order valence-electron chi connectivity index (χ2n) is 2.16. The van der Waals surface area contributed by atoms with Gasteiger partial charge in [0.2, 0.25) is 0 Å². The minimum Gasteiger partial charge on any atom is -0.352 e. The van der Waals surface area contributed by atoms with E-state index >= 15 is 0 Å². The summed E-state index contributed by atoms with van der Waals surface area (Å²) in [6, 6.07) is 3.61. The molecule has 0 fully saturated rings. The Morgan fingerprint density at radius 2 is 2.50 bits per heavy atom. The van der Waals surface area contributed by atoms with Crippen LogP contribution in [0.5, 0.6) is 0 Å². The van der Waals surface area contributed by atoms with Gasteiger partial charge in [0, 0.05) is 6.20 Å². The van der Waals surface area contributed by atoms with Crippen LogP contribution < -0.4 is 0 Å². The Labute approximate surface area is 67.6 Å². The van der Waals surface area contributed by atoms with Crippen molar-refractivity contribution >= 4 is 0 Å². The Bertz CT molecular complexity index is 409. The number of rotatable bonds is 1. The maximum absolute atomic E-state index is 8.50. The lowest BCUT2D eigenvalue weighted by Crippen LogP contribution is -1.69. The van der Waals surface area contributed by atoms with Crippen molar-refractivity contribution in [3.63, 3.8) is 0 Å². The van der Waals surface area contributed by atoms with Gasteiger partial charge in [-0.2, -0.15) is 10.2 Å². The first-order chi connectivity index (χ1) is 5.90. The van der Waals surface area contributed by atoms with Crippen LogP contribution in [0.25, 0.3) is 11.5 Å². The average Bonchev–Trinajstić information content (AvgIpc) is 2.75. The molecule has 0 bridgehead atoms. The summed E-state index contributed by atoms with van der Waals surface area (Å²) in [6.45, 7) is 0. The van der Waals surface area contributed by atoms with Crippen LogP contribution in [0.1, 0.15) is 5.69 Å². The zero-order chi connectivity index (χ0) is 8.39. The van der Waals surface area contributed by atoms with Gasteiger partial charge in [0.1, 0.15) is 11.8 Å². The van der Waals surface area contributed by atoms with Gasteiger partial charge in [-0.1, -0.05) is 5.16 Å². The summed E-state index contributed by atoms with van der Waals surface area (Å²) in [5, 5.41) is 12.0. The fraction of sp³-hybridized carbons (Fsp3) is 0. The van der Waals surface area contributed by atoms with Gasteiger partial charge >= 0.3 is 0 Å². The zero-order valence-electron chi connectivity index (χ0n) is 5.98. The van der Waals surface area contributed by atoms with Crippen molar-refractivity contribution in [3.05, 3.63) is 24.3 Å². The number of aromatic amines is 1. The topological polar surface area (TPSA) is 78.5 Å². The number of hydrogen-bond acceptors (Lipinski definition) is 4. The molecule has 2 rings (SSSR count). The molecule has 0 unspecified atom stereocenters. The molecule has 1 N–H and O–H groups in total. The van der Waals surface area contributed by atoms with Crippen LogP contribution in [-0.4, -0.2) is 15.1 Å². The monoisotopic (exact) mass is 160 g/mol. The lowest BCUT2D eigenvalue weighted by molar-refractivity contribution is 0.430. The molecular formula is C7H4N4O. The van der Waals surface area contributed by atoms with Crippen LogP contribution in [0, 0.1) is 11.3 Å². The first-order valence-corrected chi connectivity index (χ1v) is 3.26. The number of nitrogens with one attached hydrogen (secondary N) is 1. The predicted octanol–water partition coefficient (Wildman–Crippen LogP) is 0.936. The Morgan fingerprint density at radius 3 is 3.08 bits per heavy atom. The Morgan fingerprint density at radius 1 is 1.58 bits per heavy atom. The van der Waals surface area contributed by atoms with Crippen molar-refractivity contribution < 1.29 is 4.52 Å². The highest BCUT2D eigenvalue weighted by atomic mass is 16.5. The SMILES string of the molecule is N#Cc1cc(-c2ncno2)c[nH]1. The number of aromatic nitrogens is 3. The second-order valence-corrected chi connectivity index (χ2v) is 2.16. The number of H-pyrrole nitrogens is 1. The molecular weight excluding hydrogens is 156 g/mol. The highest BCUT2D eigenvalue weighted by Crippen LogP contribution is 2.15. The van der Waals surface area contributed by atoms with Crippen LogP contribution in [0.15, 0.2) is 23.1 Å². The third kappa shape index (κ3) is 0.953. The molecule has 0 aliphatic heterocycles. The summed E-state index contributed by atoms with van der Waals surface area (Å²) in [6.07, 6.45) is 2.96. The highest BCUT2D eigenvalue weighted by molar-refractivity contribution is 5.54. The smallest absolute Gasteiger partial charge is 0.259 e. The summed E-state index contributed by atoms with van der Waals surface area (Å²) >= 11 is 0. The van der Waals surface area contributed by atoms with Gasteiger partial charge in [-0.25, -0.2) is 0 Å². The number of nitriles is 1. The van der Waals surface area contributed by atoms with Crippen LogP contribution >= 0.6 is 0 Å². The van der Waals surface area contributed by atoms with Gasteiger partial charge in [0.25, 0.3) is 5.89 Å². The third-order valence-electron chi connectivity index (χ3n) is 1.41. The minimum atomic E-state index is 0.410. The molecule has 0 radical (unpaired) electrons. The molecule has 0 saturated heterocycles. The van der Waals surface area contributed by atoms with Crippen LogP contribution in [-0.2, 0) is 0 Å². The molecule has 5 heteroatoms. The molecule has 0 amide bonds. The van der Waals surface area contributed by atoms with Crippen LogP contribution in [0.4, 0.5) is 0 Å². The zero-order valence-corrected chi connectivity index (χ0v) is 5.98. The average molecular weight is 160 g/mol. The quantitative estimate of drug-likeness (QED) is 0.673. The predicted molar refractivity (Wildman–Crippen MR) is 38.8 cm³/mol. The second kappa shape index (κ2) is 2.51. The van der Waals surface area contributed by atoms with Crippen molar-refractivity contribution in [2.24, 2.45) is 0 Å². The van der Waals surface area contributed by atoms with Gasteiger partial charge in [0.05, 0.1) is 5.56 Å². The Kier molecular flexibility index (Phi) is 1.38. The Balaban J connectivity index is 2.44. The molecule has 0 saturated carbocycles. The molecule has 12 heavy (non-hydrogen) atoms. The van der Waals surface area contributed by atoms with E-state index in [1.165, 1.54) is 6.33 Å². The molecule has 0 atom stereocenters. The van der Waals surface area contributed by atoms with Crippen LogP contribution in [0.2, 0.25) is 0 Å². The van der Waals surface area contributed by atoms with Gasteiger partial charge in [0.15, 0.2) is 6.33 Å². The first-order valence-electron chi connectivity index (χ1n) is 3.26. The minimum absolute atomic E-state index is 0.410. The number of nitrogens with zero attached hydrogens (tertiary/aromatic N) is 3. The number of hydrogen-bond donors (Lipinski definition) is 1. The third-order valence-corrected chi connectivity index (χ3v) is 1.41. The summed E-state index contributed by atoms with van der Waals surface area (Å²) in [5.74, 6) is 0.410. The molecule has 2 aromatic rings. The standard InChI is InChI=1S/C7H4N4O/c8-2-6-1-5(3-9-6)7-10-4-11-12-7/h1,3-4,9H. The molecule has 2 aromatic heterocycles. The fourth-order valence-electron chi connectivity index (χ4n) is 0.883. The normalized spacial score (nSPS) is 9.58. The summed E-state index contributed by atoms with van der Waals surface area (Å²) < 4.78 is 4.79. The first kappa shape index (κ1) is 6.61. The molecule has 58 valence electrons. The van der Waals surface area contributed by atoms with E-state index in [0.717, 1.165) is 5.56 Å². The van der Waals surface area contributed by atoms with E-state index < -0.39 is 0 Å². The van der Waals surface area contributed by atoms with Crippen molar-refractivity contribution in [1.82, 2.24) is 15.1 Å². The van der Waals surface area contributed by atoms with Crippen molar-refractivity contribution in [1.29, 1.82) is 5.26 Å². The maximum Gasteiger partial charge on any atom is 0.259 e. The van der Waals surface area contributed by atoms with Gasteiger partial charge in [-0.3, -0.25) is 0 Å². The van der Waals surface area contributed by atoms with E-state index in [1.807, 2.05) is 6.07 Å². The van der Waals surface area contributed by atoms with E-state index in [0.29, 0.717) is 11.6 Å².